The van der Waals surface area contributed by atoms with E-state index in [1.165, 1.54) is 0 Å². The summed E-state index contributed by atoms with van der Waals surface area (Å²) >= 11 is 0. The molecule has 0 heterocycles. The number of nitrogens with zero attached hydrogens (tertiary/aromatic N) is 1. The Morgan fingerprint density at radius 2 is 1.06 bits per heavy atom. The van der Waals surface area contributed by atoms with E-state index >= 15 is 0 Å². The van der Waals surface area contributed by atoms with E-state index in [1.807, 2.05) is 4.90 Å². The van der Waals surface area contributed by atoms with Crippen LogP contribution in [0.5, 0.6) is 0 Å². The Bertz CT molecular complexity index is 181. The number of amides is 1. The molecule has 0 saturated heterocycles. The lowest BCUT2D eigenvalue weighted by atomic mass is 9.84. The third-order valence-corrected chi connectivity index (χ3v) is 3.09. The van der Waals surface area contributed by atoms with Gasteiger partial charge in [-0.3, -0.25) is 4.79 Å². The van der Waals surface area contributed by atoms with Gasteiger partial charge in [0.1, 0.15) is 0 Å². The van der Waals surface area contributed by atoms with Crippen molar-refractivity contribution < 1.29 is 4.79 Å². The predicted octanol–water partition coefficient (Wildman–Crippen LogP) is 3.56. The van der Waals surface area contributed by atoms with Gasteiger partial charge in [0.25, 0.3) is 0 Å². The fourth-order valence-corrected chi connectivity index (χ4v) is 2.62. The Labute approximate surface area is 101 Å². The first-order valence-electron chi connectivity index (χ1n) is 6.52. The van der Waals surface area contributed by atoms with Gasteiger partial charge < -0.3 is 4.90 Å². The molecule has 0 aliphatic rings. The molecule has 2 heteroatoms. The van der Waals surface area contributed by atoms with Crippen molar-refractivity contribution in [3.8, 4) is 0 Å². The molecule has 0 aromatic rings. The van der Waals surface area contributed by atoms with Gasteiger partial charge in [-0.1, -0.05) is 27.7 Å². The SMILES string of the molecule is CC(C)C(C(=O)N(C(C)C)C(C)C)C(C)C. The predicted molar refractivity (Wildman–Crippen MR) is 70.3 cm³/mol. The van der Waals surface area contributed by atoms with E-state index in [1.54, 1.807) is 0 Å². The molecule has 0 bridgehead atoms. The van der Waals surface area contributed by atoms with Crippen LogP contribution in [0, 0.1) is 17.8 Å². The lowest BCUT2D eigenvalue weighted by Gasteiger charge is -2.36. The fourth-order valence-electron chi connectivity index (χ4n) is 2.62. The molecule has 0 saturated carbocycles. The Kier molecular flexibility index (Phi) is 6.06. The lowest BCUT2D eigenvalue weighted by Crippen LogP contribution is -2.47. The van der Waals surface area contributed by atoms with Gasteiger partial charge in [0.05, 0.1) is 0 Å². The summed E-state index contributed by atoms with van der Waals surface area (Å²) in [5, 5.41) is 0. The number of hydrogen-bond acceptors (Lipinski definition) is 1. The second-order valence-corrected chi connectivity index (χ2v) is 5.95. The molecular weight excluding hydrogens is 198 g/mol. The minimum atomic E-state index is 0.143. The van der Waals surface area contributed by atoms with E-state index in [0.29, 0.717) is 17.7 Å². The molecule has 0 fully saturated rings. The molecule has 0 rings (SSSR count). The average Bonchev–Trinajstić information content (AvgIpc) is 1.99. The Morgan fingerprint density at radius 1 is 0.750 bits per heavy atom. The number of rotatable bonds is 5. The third kappa shape index (κ3) is 3.80. The van der Waals surface area contributed by atoms with E-state index in [9.17, 15) is 4.79 Å². The molecule has 96 valence electrons. The minimum Gasteiger partial charge on any atom is -0.338 e. The summed E-state index contributed by atoms with van der Waals surface area (Å²) in [6.45, 7) is 16.9. The molecule has 0 radical (unpaired) electrons. The van der Waals surface area contributed by atoms with Crippen LogP contribution in [0.2, 0.25) is 0 Å². The number of hydrogen-bond donors (Lipinski definition) is 0. The van der Waals surface area contributed by atoms with E-state index in [4.69, 9.17) is 0 Å². The summed E-state index contributed by atoms with van der Waals surface area (Å²) in [4.78, 5) is 14.6. The monoisotopic (exact) mass is 227 g/mol. The lowest BCUT2D eigenvalue weighted by molar-refractivity contribution is -0.142. The van der Waals surface area contributed by atoms with Gasteiger partial charge >= 0.3 is 0 Å². The summed E-state index contributed by atoms with van der Waals surface area (Å²) in [6.07, 6.45) is 0. The van der Waals surface area contributed by atoms with Gasteiger partial charge in [0, 0.05) is 18.0 Å². The highest BCUT2D eigenvalue weighted by atomic mass is 16.2. The normalized spacial score (nSPS) is 12.3. The fraction of sp³-hybridized carbons (Fsp3) is 0.929. The molecule has 16 heavy (non-hydrogen) atoms. The second kappa shape index (κ2) is 6.27. The van der Waals surface area contributed by atoms with Crippen molar-refractivity contribution in [3.63, 3.8) is 0 Å². The van der Waals surface area contributed by atoms with Crippen LogP contribution >= 0.6 is 0 Å². The molecular formula is C14H29NO. The van der Waals surface area contributed by atoms with Gasteiger partial charge in [-0.25, -0.2) is 0 Å². The van der Waals surface area contributed by atoms with Gasteiger partial charge in [0.15, 0.2) is 0 Å². The van der Waals surface area contributed by atoms with E-state index in [0.717, 1.165) is 0 Å². The van der Waals surface area contributed by atoms with Crippen molar-refractivity contribution in [2.45, 2.75) is 67.5 Å². The van der Waals surface area contributed by atoms with E-state index < -0.39 is 0 Å². The maximum atomic E-state index is 12.5. The summed E-state index contributed by atoms with van der Waals surface area (Å²) in [5.41, 5.74) is 0. The third-order valence-electron chi connectivity index (χ3n) is 3.09. The Balaban J connectivity index is 4.96. The number of carbonyl (C=O) groups is 1. The standard InChI is InChI=1S/C14H29NO/c1-9(2)13(10(3)4)14(16)15(11(5)6)12(7)8/h9-13H,1-8H3. The molecule has 2 nitrogen and oxygen atoms in total. The zero-order chi connectivity index (χ0) is 13.0. The van der Waals surface area contributed by atoms with Crippen LogP contribution in [0.25, 0.3) is 0 Å². The van der Waals surface area contributed by atoms with Crippen LogP contribution < -0.4 is 0 Å². The topological polar surface area (TPSA) is 20.3 Å². The van der Waals surface area contributed by atoms with Crippen molar-refractivity contribution in [2.75, 3.05) is 0 Å². The van der Waals surface area contributed by atoms with Crippen LogP contribution in [-0.2, 0) is 4.79 Å². The molecule has 0 aliphatic heterocycles. The molecule has 0 atom stereocenters. The van der Waals surface area contributed by atoms with Crippen molar-refractivity contribution in [3.05, 3.63) is 0 Å². The van der Waals surface area contributed by atoms with Crippen molar-refractivity contribution >= 4 is 5.91 Å². The highest BCUT2D eigenvalue weighted by molar-refractivity contribution is 5.79. The first-order valence-corrected chi connectivity index (χ1v) is 6.52. The summed E-state index contributed by atoms with van der Waals surface area (Å²) < 4.78 is 0. The molecule has 0 N–H and O–H groups in total. The van der Waals surface area contributed by atoms with Gasteiger partial charge in [0.2, 0.25) is 5.91 Å². The highest BCUT2D eigenvalue weighted by Gasteiger charge is 2.31. The molecule has 1 amide bonds. The van der Waals surface area contributed by atoms with Gasteiger partial charge in [-0.2, -0.15) is 0 Å². The van der Waals surface area contributed by atoms with Gasteiger partial charge in [-0.05, 0) is 39.5 Å². The molecule has 0 unspecified atom stereocenters. The van der Waals surface area contributed by atoms with Crippen molar-refractivity contribution in [2.24, 2.45) is 17.8 Å². The Morgan fingerprint density at radius 3 is 1.25 bits per heavy atom. The summed E-state index contributed by atoms with van der Waals surface area (Å²) in [7, 11) is 0. The van der Waals surface area contributed by atoms with Crippen molar-refractivity contribution in [1.82, 2.24) is 4.90 Å². The zero-order valence-electron chi connectivity index (χ0n) is 12.2. The minimum absolute atomic E-state index is 0.143. The average molecular weight is 227 g/mol. The van der Waals surface area contributed by atoms with Crippen LogP contribution in [0.3, 0.4) is 0 Å². The molecule has 0 aliphatic carbocycles. The van der Waals surface area contributed by atoms with Crippen LogP contribution in [0.1, 0.15) is 55.4 Å². The summed E-state index contributed by atoms with van der Waals surface area (Å²) in [6, 6.07) is 0.569. The molecule has 0 spiro atoms. The first-order chi connectivity index (χ1) is 7.20. The van der Waals surface area contributed by atoms with E-state index in [-0.39, 0.29) is 18.0 Å². The maximum absolute atomic E-state index is 12.5. The first kappa shape index (κ1) is 15.5. The van der Waals surface area contributed by atoms with Crippen LogP contribution in [-0.4, -0.2) is 22.9 Å². The van der Waals surface area contributed by atoms with E-state index in [2.05, 4.69) is 55.4 Å². The second-order valence-electron chi connectivity index (χ2n) is 5.95. The zero-order valence-corrected chi connectivity index (χ0v) is 12.2. The molecule has 0 aromatic heterocycles. The van der Waals surface area contributed by atoms with Crippen molar-refractivity contribution in [1.29, 1.82) is 0 Å². The highest BCUT2D eigenvalue weighted by Crippen LogP contribution is 2.25. The largest absolute Gasteiger partial charge is 0.338 e. The molecule has 0 aromatic carbocycles. The Hall–Kier alpha value is -0.530. The van der Waals surface area contributed by atoms with Gasteiger partial charge in [-0.15, -0.1) is 0 Å². The van der Waals surface area contributed by atoms with Crippen LogP contribution in [0.15, 0.2) is 0 Å². The maximum Gasteiger partial charge on any atom is 0.226 e. The van der Waals surface area contributed by atoms with Crippen LogP contribution in [0.4, 0.5) is 0 Å². The summed E-state index contributed by atoms with van der Waals surface area (Å²) in [5.74, 6) is 1.28. The smallest absolute Gasteiger partial charge is 0.226 e. The quantitative estimate of drug-likeness (QED) is 0.703. The number of carbonyl (C=O) groups excluding carboxylic acids is 1.